The molecule has 158 valence electrons. The van der Waals surface area contributed by atoms with Crippen LogP contribution in [0.4, 0.5) is 5.69 Å². The van der Waals surface area contributed by atoms with Crippen molar-refractivity contribution < 1.29 is 0 Å². The molecule has 3 aromatic carbocycles. The highest BCUT2D eigenvalue weighted by Gasteiger charge is 2.17. The Labute approximate surface area is 187 Å². The van der Waals surface area contributed by atoms with Crippen molar-refractivity contribution in [3.8, 4) is 22.3 Å². The number of aromatic nitrogens is 4. The summed E-state index contributed by atoms with van der Waals surface area (Å²) in [7, 11) is 4.00. The summed E-state index contributed by atoms with van der Waals surface area (Å²) in [6.07, 6.45) is 1.85. The summed E-state index contributed by atoms with van der Waals surface area (Å²) in [6, 6.07) is 25.2. The normalized spacial score (nSPS) is 11.6. The lowest BCUT2D eigenvalue weighted by Crippen LogP contribution is -1.97. The third kappa shape index (κ3) is 3.32. The fourth-order valence-corrected chi connectivity index (χ4v) is 4.22. The Bertz CT molecular complexity index is 1440. The Morgan fingerprint density at radius 1 is 0.781 bits per heavy atom. The van der Waals surface area contributed by atoms with Gasteiger partial charge in [0.25, 0.3) is 0 Å². The summed E-state index contributed by atoms with van der Waals surface area (Å²) in [5.41, 5.74) is 9.50. The highest BCUT2D eigenvalue weighted by atomic mass is 15.3. The number of aryl methyl sites for hydroxylation is 3. The molecule has 0 aliphatic rings. The quantitative estimate of drug-likeness (QED) is 0.335. The van der Waals surface area contributed by atoms with Crippen LogP contribution in [0.3, 0.4) is 0 Å². The van der Waals surface area contributed by atoms with Gasteiger partial charge in [-0.3, -0.25) is 4.68 Å². The Morgan fingerprint density at radius 3 is 1.97 bits per heavy atom. The second kappa shape index (κ2) is 7.93. The van der Waals surface area contributed by atoms with E-state index in [0.717, 1.165) is 50.6 Å². The van der Waals surface area contributed by atoms with E-state index in [2.05, 4.69) is 77.4 Å². The Kier molecular flexibility index (Phi) is 4.94. The predicted molar refractivity (Wildman–Crippen MR) is 132 cm³/mol. The van der Waals surface area contributed by atoms with Crippen LogP contribution in [0.5, 0.6) is 0 Å². The molecule has 0 unspecified atom stereocenters. The van der Waals surface area contributed by atoms with E-state index in [4.69, 9.17) is 9.98 Å². The molecule has 2 aromatic heterocycles. The first-order valence-electron chi connectivity index (χ1n) is 10.7. The number of fused-ring (bicyclic) bond motifs is 1. The zero-order chi connectivity index (χ0) is 22.2. The smallest absolute Gasteiger partial charge is 0.152 e. The standard InChI is InChI=1S/C27H25N5/c1-18-25(19(2)32(4)30-18)28-17-24-29-26-22(20-11-7-5-8-12-20)15-16-23(27(26)31(24)3)21-13-9-6-10-14-21/h5-17H,1-4H3/b28-17+. The molecule has 0 saturated carbocycles. The highest BCUT2D eigenvalue weighted by Crippen LogP contribution is 2.35. The number of benzene rings is 3. The molecule has 5 heteroatoms. The number of nitrogens with zero attached hydrogens (tertiary/aromatic N) is 5. The second-order valence-electron chi connectivity index (χ2n) is 8.02. The van der Waals surface area contributed by atoms with Crippen molar-refractivity contribution in [2.75, 3.05) is 0 Å². The van der Waals surface area contributed by atoms with Crippen molar-refractivity contribution in [1.82, 2.24) is 19.3 Å². The molecule has 5 rings (SSSR count). The van der Waals surface area contributed by atoms with Crippen molar-refractivity contribution in [2.45, 2.75) is 13.8 Å². The summed E-state index contributed by atoms with van der Waals surface area (Å²) < 4.78 is 3.99. The van der Waals surface area contributed by atoms with Crippen molar-refractivity contribution >= 4 is 22.9 Å². The monoisotopic (exact) mass is 419 g/mol. The van der Waals surface area contributed by atoms with Crippen LogP contribution < -0.4 is 0 Å². The molecule has 0 spiro atoms. The van der Waals surface area contributed by atoms with Gasteiger partial charge in [-0.25, -0.2) is 9.98 Å². The lowest BCUT2D eigenvalue weighted by Gasteiger charge is -2.09. The molecule has 0 bridgehead atoms. The van der Waals surface area contributed by atoms with Gasteiger partial charge >= 0.3 is 0 Å². The third-order valence-corrected chi connectivity index (χ3v) is 6.01. The van der Waals surface area contributed by atoms with E-state index in [1.807, 2.05) is 43.9 Å². The zero-order valence-corrected chi connectivity index (χ0v) is 18.7. The van der Waals surface area contributed by atoms with E-state index < -0.39 is 0 Å². The fraction of sp³-hybridized carbons (Fsp3) is 0.148. The summed E-state index contributed by atoms with van der Waals surface area (Å²) in [5, 5.41) is 4.47. The topological polar surface area (TPSA) is 48.0 Å². The molecule has 0 aliphatic heterocycles. The number of hydrogen-bond donors (Lipinski definition) is 0. The lowest BCUT2D eigenvalue weighted by molar-refractivity contribution is 0.731. The van der Waals surface area contributed by atoms with E-state index in [9.17, 15) is 0 Å². The molecule has 32 heavy (non-hydrogen) atoms. The van der Waals surface area contributed by atoms with Crippen LogP contribution in [-0.2, 0) is 14.1 Å². The molecule has 2 heterocycles. The van der Waals surface area contributed by atoms with Crippen molar-refractivity contribution in [1.29, 1.82) is 0 Å². The minimum Gasteiger partial charge on any atom is -0.326 e. The van der Waals surface area contributed by atoms with Crippen LogP contribution in [0.15, 0.2) is 77.8 Å². The number of aliphatic imine (C=N–C) groups is 1. The fourth-order valence-electron chi connectivity index (χ4n) is 4.22. The van der Waals surface area contributed by atoms with Gasteiger partial charge in [-0.05, 0) is 25.0 Å². The van der Waals surface area contributed by atoms with Crippen LogP contribution >= 0.6 is 0 Å². The lowest BCUT2D eigenvalue weighted by atomic mass is 9.98. The summed E-state index contributed by atoms with van der Waals surface area (Å²) in [5.74, 6) is 0.809. The van der Waals surface area contributed by atoms with Gasteiger partial charge in [0.15, 0.2) is 5.82 Å². The molecule has 0 N–H and O–H groups in total. The number of hydrogen-bond acceptors (Lipinski definition) is 3. The van der Waals surface area contributed by atoms with E-state index in [1.54, 1.807) is 0 Å². The van der Waals surface area contributed by atoms with E-state index in [0.29, 0.717) is 0 Å². The summed E-state index contributed by atoms with van der Waals surface area (Å²) in [6.45, 7) is 4.01. The van der Waals surface area contributed by atoms with Gasteiger partial charge in [0, 0.05) is 25.2 Å². The average molecular weight is 420 g/mol. The number of rotatable bonds is 4. The largest absolute Gasteiger partial charge is 0.326 e. The molecular formula is C27H25N5. The highest BCUT2D eigenvalue weighted by molar-refractivity contribution is 6.03. The number of imidazole rings is 1. The molecule has 0 saturated heterocycles. The third-order valence-electron chi connectivity index (χ3n) is 6.01. The van der Waals surface area contributed by atoms with Crippen LogP contribution in [0.25, 0.3) is 33.3 Å². The predicted octanol–water partition coefficient (Wildman–Crippen LogP) is 6.01. The molecular weight excluding hydrogens is 394 g/mol. The minimum absolute atomic E-state index is 0.809. The Balaban J connectivity index is 1.73. The van der Waals surface area contributed by atoms with Gasteiger partial charge in [-0.1, -0.05) is 72.8 Å². The molecule has 0 fully saturated rings. The Hall–Kier alpha value is -3.99. The van der Waals surface area contributed by atoms with Crippen LogP contribution in [0.1, 0.15) is 17.2 Å². The average Bonchev–Trinajstić information content (AvgIpc) is 3.28. The first kappa shape index (κ1) is 19.9. The van der Waals surface area contributed by atoms with Gasteiger partial charge in [0.2, 0.25) is 0 Å². The molecule has 0 atom stereocenters. The van der Waals surface area contributed by atoms with E-state index in [-0.39, 0.29) is 0 Å². The molecule has 5 aromatic rings. The summed E-state index contributed by atoms with van der Waals surface area (Å²) in [4.78, 5) is 9.81. The van der Waals surface area contributed by atoms with Crippen molar-refractivity contribution in [3.05, 3.63) is 90.0 Å². The molecule has 5 nitrogen and oxygen atoms in total. The maximum Gasteiger partial charge on any atom is 0.152 e. The van der Waals surface area contributed by atoms with Crippen LogP contribution in [0.2, 0.25) is 0 Å². The van der Waals surface area contributed by atoms with Gasteiger partial charge in [0.1, 0.15) is 5.69 Å². The zero-order valence-electron chi connectivity index (χ0n) is 18.7. The van der Waals surface area contributed by atoms with E-state index >= 15 is 0 Å². The summed E-state index contributed by atoms with van der Waals surface area (Å²) >= 11 is 0. The van der Waals surface area contributed by atoms with Crippen molar-refractivity contribution in [2.24, 2.45) is 19.1 Å². The van der Waals surface area contributed by atoms with Crippen LogP contribution in [-0.4, -0.2) is 25.5 Å². The molecule has 0 aliphatic carbocycles. The maximum atomic E-state index is 5.04. The Morgan fingerprint density at radius 2 is 1.38 bits per heavy atom. The molecule has 0 amide bonds. The first-order valence-corrected chi connectivity index (χ1v) is 10.7. The van der Waals surface area contributed by atoms with Gasteiger partial charge in [0.05, 0.1) is 28.6 Å². The first-order chi connectivity index (χ1) is 15.5. The van der Waals surface area contributed by atoms with E-state index in [1.165, 1.54) is 5.56 Å². The second-order valence-corrected chi connectivity index (χ2v) is 8.02. The van der Waals surface area contributed by atoms with Gasteiger partial charge in [-0.2, -0.15) is 5.10 Å². The minimum atomic E-state index is 0.809. The van der Waals surface area contributed by atoms with Crippen molar-refractivity contribution in [3.63, 3.8) is 0 Å². The van der Waals surface area contributed by atoms with Gasteiger partial charge < -0.3 is 4.57 Å². The van der Waals surface area contributed by atoms with Gasteiger partial charge in [-0.15, -0.1) is 0 Å². The SMILES string of the molecule is Cc1nn(C)c(C)c1/N=C/c1nc2c(-c3ccccc3)ccc(-c3ccccc3)c2n1C. The molecule has 0 radical (unpaired) electrons. The maximum absolute atomic E-state index is 5.04. The van der Waals surface area contributed by atoms with Crippen LogP contribution in [0, 0.1) is 13.8 Å².